The van der Waals surface area contributed by atoms with E-state index in [1.54, 1.807) is 0 Å². The fourth-order valence-electron chi connectivity index (χ4n) is 1.88. The molecule has 0 aliphatic rings. The molecule has 1 unspecified atom stereocenters. The van der Waals surface area contributed by atoms with E-state index in [0.717, 1.165) is 6.42 Å². The predicted octanol–water partition coefficient (Wildman–Crippen LogP) is 3.46. The van der Waals surface area contributed by atoms with E-state index in [1.807, 2.05) is 26.8 Å². The molecule has 0 heterocycles. The third kappa shape index (κ3) is 4.30. The summed E-state index contributed by atoms with van der Waals surface area (Å²) < 4.78 is 5.70. The van der Waals surface area contributed by atoms with Crippen LogP contribution in [0.5, 0.6) is 0 Å². The predicted molar refractivity (Wildman–Crippen MR) is 75.8 cm³/mol. The van der Waals surface area contributed by atoms with Gasteiger partial charge in [0.1, 0.15) is 0 Å². The van der Waals surface area contributed by atoms with Crippen LogP contribution in [0.4, 0.5) is 0 Å². The summed E-state index contributed by atoms with van der Waals surface area (Å²) in [4.78, 5) is 14.2. The van der Waals surface area contributed by atoms with Gasteiger partial charge in [-0.25, -0.2) is 0 Å². The zero-order valence-corrected chi connectivity index (χ0v) is 13.9. The van der Waals surface area contributed by atoms with Gasteiger partial charge >= 0.3 is 120 Å². The van der Waals surface area contributed by atoms with Crippen molar-refractivity contribution in [1.82, 2.24) is 0 Å². The number of benzene rings is 1. The number of esters is 1. The van der Waals surface area contributed by atoms with Gasteiger partial charge in [-0.3, -0.25) is 0 Å². The molecule has 1 aromatic carbocycles. The van der Waals surface area contributed by atoms with Crippen molar-refractivity contribution in [3.05, 3.63) is 35.9 Å². The van der Waals surface area contributed by atoms with Gasteiger partial charge in [0, 0.05) is 0 Å². The van der Waals surface area contributed by atoms with Crippen molar-refractivity contribution in [1.29, 1.82) is 0 Å². The standard InChI is InChI=1S/C15H22O2Te/c1-5-17-14(16)15(2,3)11-13(18-4)12-9-7-6-8-10-12/h6-10,13H,5,11H2,1-4H3. The Hall–Kier alpha value is -0.520. The molecule has 0 aliphatic carbocycles. The second kappa shape index (κ2) is 7.16. The summed E-state index contributed by atoms with van der Waals surface area (Å²) >= 11 is -0.125. The van der Waals surface area contributed by atoms with Crippen molar-refractivity contribution < 1.29 is 9.53 Å². The van der Waals surface area contributed by atoms with Gasteiger partial charge in [-0.2, -0.15) is 0 Å². The van der Waals surface area contributed by atoms with Gasteiger partial charge in [-0.1, -0.05) is 0 Å². The van der Waals surface area contributed by atoms with Crippen LogP contribution in [-0.4, -0.2) is 33.5 Å². The second-order valence-electron chi connectivity index (χ2n) is 4.94. The van der Waals surface area contributed by atoms with Gasteiger partial charge in [0.15, 0.2) is 0 Å². The fourth-order valence-corrected chi connectivity index (χ4v) is 4.77. The van der Waals surface area contributed by atoms with Crippen LogP contribution in [0.2, 0.25) is 4.97 Å². The van der Waals surface area contributed by atoms with E-state index in [-0.39, 0.29) is 26.9 Å². The SMILES string of the molecule is CCOC(=O)C(C)(C)CC([Te]C)c1ccccc1. The first-order valence-electron chi connectivity index (χ1n) is 6.26. The zero-order valence-electron chi connectivity index (χ0n) is 11.6. The van der Waals surface area contributed by atoms with E-state index in [2.05, 4.69) is 29.2 Å². The van der Waals surface area contributed by atoms with Crippen LogP contribution in [0.25, 0.3) is 0 Å². The molecule has 0 saturated heterocycles. The average Bonchev–Trinajstić information content (AvgIpc) is 2.37. The Morgan fingerprint density at radius 3 is 2.44 bits per heavy atom. The molecule has 1 atom stereocenters. The van der Waals surface area contributed by atoms with E-state index in [4.69, 9.17) is 4.74 Å². The van der Waals surface area contributed by atoms with Crippen molar-refractivity contribution in [3.8, 4) is 0 Å². The number of carbonyl (C=O) groups is 1. The van der Waals surface area contributed by atoms with Crippen molar-refractivity contribution in [3.63, 3.8) is 0 Å². The summed E-state index contributed by atoms with van der Waals surface area (Å²) in [6, 6.07) is 10.5. The topological polar surface area (TPSA) is 26.3 Å². The molecule has 18 heavy (non-hydrogen) atoms. The van der Waals surface area contributed by atoms with Crippen LogP contribution in [0, 0.1) is 5.41 Å². The number of ether oxygens (including phenoxy) is 1. The first-order valence-corrected chi connectivity index (χ1v) is 9.93. The van der Waals surface area contributed by atoms with Crippen molar-refractivity contribution in [2.45, 2.75) is 36.1 Å². The Morgan fingerprint density at radius 2 is 1.94 bits per heavy atom. The number of hydrogen-bond acceptors (Lipinski definition) is 2. The molecule has 0 saturated carbocycles. The summed E-state index contributed by atoms with van der Waals surface area (Å²) in [5.41, 5.74) is 0.969. The van der Waals surface area contributed by atoms with Crippen LogP contribution in [-0.2, 0) is 9.53 Å². The fraction of sp³-hybridized carbons (Fsp3) is 0.533. The van der Waals surface area contributed by atoms with Gasteiger partial charge in [0.25, 0.3) is 0 Å². The minimum atomic E-state index is -0.392. The first-order chi connectivity index (χ1) is 8.51. The summed E-state index contributed by atoms with van der Waals surface area (Å²) in [7, 11) is 0. The first kappa shape index (κ1) is 15.5. The molecule has 0 aromatic heterocycles. The minimum absolute atomic E-state index is 0.0770. The normalized spacial score (nSPS) is 13.1. The molecule has 2 nitrogen and oxygen atoms in total. The van der Waals surface area contributed by atoms with Gasteiger partial charge in [0.2, 0.25) is 0 Å². The van der Waals surface area contributed by atoms with Crippen molar-refractivity contribution in [2.75, 3.05) is 6.61 Å². The molecule has 0 fully saturated rings. The van der Waals surface area contributed by atoms with Gasteiger partial charge in [0.05, 0.1) is 0 Å². The van der Waals surface area contributed by atoms with Crippen LogP contribution in [0.3, 0.4) is 0 Å². The second-order valence-corrected chi connectivity index (χ2v) is 7.91. The Labute approximate surface area is 120 Å². The molecule has 0 aliphatic heterocycles. The number of rotatable bonds is 6. The number of hydrogen-bond donors (Lipinski definition) is 0. The van der Waals surface area contributed by atoms with Crippen molar-refractivity contribution >= 4 is 26.9 Å². The van der Waals surface area contributed by atoms with E-state index >= 15 is 0 Å². The molecule has 0 spiro atoms. The summed E-state index contributed by atoms with van der Waals surface area (Å²) in [5.74, 6) is -0.0770. The van der Waals surface area contributed by atoms with Crippen LogP contribution < -0.4 is 0 Å². The Morgan fingerprint density at radius 1 is 1.33 bits per heavy atom. The monoisotopic (exact) mass is 364 g/mol. The maximum absolute atomic E-state index is 11.9. The third-order valence-electron chi connectivity index (χ3n) is 2.98. The van der Waals surface area contributed by atoms with Gasteiger partial charge in [-0.15, -0.1) is 0 Å². The molecule has 0 N–H and O–H groups in total. The molecule has 1 aromatic rings. The van der Waals surface area contributed by atoms with E-state index < -0.39 is 5.41 Å². The molecular weight excluding hydrogens is 340 g/mol. The van der Waals surface area contributed by atoms with Crippen LogP contribution in [0.15, 0.2) is 30.3 Å². The van der Waals surface area contributed by atoms with E-state index in [0.29, 0.717) is 10.6 Å². The van der Waals surface area contributed by atoms with Crippen LogP contribution in [0.1, 0.15) is 36.7 Å². The van der Waals surface area contributed by atoms with Gasteiger partial charge in [-0.05, 0) is 0 Å². The summed E-state index contributed by atoms with van der Waals surface area (Å²) in [6.45, 7) is 6.30. The van der Waals surface area contributed by atoms with Crippen LogP contribution >= 0.6 is 0 Å². The van der Waals surface area contributed by atoms with Crippen molar-refractivity contribution in [2.24, 2.45) is 5.41 Å². The quantitative estimate of drug-likeness (QED) is 0.573. The maximum atomic E-state index is 11.9. The zero-order chi connectivity index (χ0) is 13.6. The molecule has 0 radical (unpaired) electrons. The molecule has 0 bridgehead atoms. The van der Waals surface area contributed by atoms with E-state index in [9.17, 15) is 4.79 Å². The molecule has 100 valence electrons. The average molecular weight is 362 g/mol. The Kier molecular flexibility index (Phi) is 6.18. The number of carbonyl (C=O) groups excluding carboxylic acids is 1. The molecular formula is C15H22O2Te. The molecule has 0 amide bonds. The van der Waals surface area contributed by atoms with Gasteiger partial charge < -0.3 is 0 Å². The third-order valence-corrected chi connectivity index (χ3v) is 5.86. The molecule has 3 heteroatoms. The van der Waals surface area contributed by atoms with E-state index in [1.165, 1.54) is 5.56 Å². The summed E-state index contributed by atoms with van der Waals surface area (Å²) in [5, 5.41) is 0. The molecule has 1 rings (SSSR count). The Bertz CT molecular complexity index is 373. The summed E-state index contributed by atoms with van der Waals surface area (Å²) in [6.07, 6.45) is 0.884. The Balaban J connectivity index is 2.77.